The smallest absolute Gasteiger partial charge is 0.292 e. The van der Waals surface area contributed by atoms with Gasteiger partial charge in [-0.25, -0.2) is 5.06 Å². The number of rotatable bonds is 5. The van der Waals surface area contributed by atoms with Crippen molar-refractivity contribution in [2.24, 2.45) is 0 Å². The Morgan fingerprint density at radius 2 is 2.10 bits per heavy atom. The monoisotopic (exact) mass is 293 g/mol. The number of hydroxylamine groups is 2. The molecule has 1 aromatic carbocycles. The van der Waals surface area contributed by atoms with Gasteiger partial charge in [0.1, 0.15) is 5.69 Å². The Morgan fingerprint density at radius 1 is 1.43 bits per heavy atom. The van der Waals surface area contributed by atoms with Crippen LogP contribution in [-0.2, 0) is 4.84 Å². The van der Waals surface area contributed by atoms with E-state index < -0.39 is 4.92 Å². The third kappa shape index (κ3) is 3.49. The zero-order chi connectivity index (χ0) is 15.4. The zero-order valence-electron chi connectivity index (χ0n) is 12.2. The highest BCUT2D eigenvalue weighted by Gasteiger charge is 2.22. The van der Waals surface area contributed by atoms with E-state index in [4.69, 9.17) is 4.84 Å². The Hall–Kier alpha value is -2.15. The van der Waals surface area contributed by atoms with Crippen LogP contribution in [0, 0.1) is 10.1 Å². The summed E-state index contributed by atoms with van der Waals surface area (Å²) in [5.41, 5.74) is 0.728. The summed E-state index contributed by atoms with van der Waals surface area (Å²) in [6, 6.07) is 4.55. The molecule has 0 heterocycles. The molecule has 0 bridgehead atoms. The van der Waals surface area contributed by atoms with Crippen LogP contribution in [0.3, 0.4) is 0 Å². The van der Waals surface area contributed by atoms with Gasteiger partial charge < -0.3 is 5.32 Å². The standard InChI is InChI=1S/C14H19N3O4/c1-16(21-2)14(18)10-7-8-13(17(19)20)12(9-10)15-11-5-3-4-6-11/h7-9,11,15H,3-6H2,1-2H3. The molecule has 2 rings (SSSR count). The Balaban J connectivity index is 2.29. The summed E-state index contributed by atoms with van der Waals surface area (Å²) in [5, 5.41) is 15.4. The van der Waals surface area contributed by atoms with E-state index in [1.165, 1.54) is 32.4 Å². The van der Waals surface area contributed by atoms with Crippen LogP contribution in [0.4, 0.5) is 11.4 Å². The number of nitrogens with zero attached hydrogens (tertiary/aromatic N) is 2. The molecule has 0 atom stereocenters. The van der Waals surface area contributed by atoms with Gasteiger partial charge in [0, 0.05) is 24.7 Å². The Morgan fingerprint density at radius 3 is 2.67 bits per heavy atom. The van der Waals surface area contributed by atoms with Crippen LogP contribution in [0.15, 0.2) is 18.2 Å². The van der Waals surface area contributed by atoms with Crippen molar-refractivity contribution >= 4 is 17.3 Å². The van der Waals surface area contributed by atoms with E-state index in [0.29, 0.717) is 11.3 Å². The summed E-state index contributed by atoms with van der Waals surface area (Å²) in [6.45, 7) is 0. The van der Waals surface area contributed by atoms with Crippen LogP contribution in [-0.4, -0.2) is 36.1 Å². The van der Waals surface area contributed by atoms with Crippen molar-refractivity contribution in [3.63, 3.8) is 0 Å². The van der Waals surface area contributed by atoms with Gasteiger partial charge in [0.2, 0.25) is 0 Å². The topological polar surface area (TPSA) is 84.7 Å². The number of hydrogen-bond donors (Lipinski definition) is 1. The molecular weight excluding hydrogens is 274 g/mol. The molecule has 21 heavy (non-hydrogen) atoms. The largest absolute Gasteiger partial charge is 0.377 e. The second-order valence-electron chi connectivity index (χ2n) is 5.10. The lowest BCUT2D eigenvalue weighted by atomic mass is 10.1. The van der Waals surface area contributed by atoms with E-state index in [-0.39, 0.29) is 17.6 Å². The molecule has 1 aromatic rings. The third-order valence-corrected chi connectivity index (χ3v) is 3.71. The van der Waals surface area contributed by atoms with Gasteiger partial charge in [0.15, 0.2) is 0 Å². The maximum Gasteiger partial charge on any atom is 0.292 e. The second-order valence-corrected chi connectivity index (χ2v) is 5.10. The molecule has 1 aliphatic carbocycles. The Bertz CT molecular complexity index is 541. The average molecular weight is 293 g/mol. The predicted octanol–water partition coefficient (Wildman–Crippen LogP) is 2.58. The molecule has 114 valence electrons. The fraction of sp³-hybridized carbons (Fsp3) is 0.500. The van der Waals surface area contributed by atoms with Gasteiger partial charge in [0.25, 0.3) is 11.6 Å². The van der Waals surface area contributed by atoms with Gasteiger partial charge in [-0.2, -0.15) is 0 Å². The first-order valence-corrected chi connectivity index (χ1v) is 6.90. The molecular formula is C14H19N3O4. The molecule has 0 spiro atoms. The van der Waals surface area contributed by atoms with E-state index in [1.807, 2.05) is 0 Å². The van der Waals surface area contributed by atoms with E-state index in [9.17, 15) is 14.9 Å². The highest BCUT2D eigenvalue weighted by molar-refractivity contribution is 5.95. The summed E-state index contributed by atoms with van der Waals surface area (Å²) in [5.74, 6) is -0.345. The Kier molecular flexibility index (Phi) is 4.74. The average Bonchev–Trinajstić information content (AvgIpc) is 2.98. The number of anilines is 1. The number of carbonyl (C=O) groups is 1. The first-order chi connectivity index (χ1) is 10.0. The van der Waals surface area contributed by atoms with Crippen molar-refractivity contribution in [1.29, 1.82) is 0 Å². The van der Waals surface area contributed by atoms with Gasteiger partial charge in [-0.1, -0.05) is 12.8 Å². The van der Waals surface area contributed by atoms with Crippen LogP contribution >= 0.6 is 0 Å². The summed E-state index contributed by atoms with van der Waals surface area (Å²) < 4.78 is 0. The van der Waals surface area contributed by atoms with Crippen molar-refractivity contribution < 1.29 is 14.6 Å². The van der Waals surface area contributed by atoms with E-state index in [2.05, 4.69) is 5.32 Å². The molecule has 1 fully saturated rings. The van der Waals surface area contributed by atoms with Crippen LogP contribution in [0.25, 0.3) is 0 Å². The highest BCUT2D eigenvalue weighted by atomic mass is 16.7. The van der Waals surface area contributed by atoms with Crippen molar-refractivity contribution in [3.05, 3.63) is 33.9 Å². The van der Waals surface area contributed by atoms with Crippen molar-refractivity contribution in [3.8, 4) is 0 Å². The number of carbonyl (C=O) groups excluding carboxylic acids is 1. The highest BCUT2D eigenvalue weighted by Crippen LogP contribution is 2.30. The van der Waals surface area contributed by atoms with E-state index in [1.54, 1.807) is 0 Å². The number of benzene rings is 1. The molecule has 1 N–H and O–H groups in total. The van der Waals surface area contributed by atoms with Gasteiger partial charge in [0.05, 0.1) is 12.0 Å². The maximum atomic E-state index is 12.0. The SMILES string of the molecule is CON(C)C(=O)c1ccc([N+](=O)[O-])c(NC2CCCC2)c1. The van der Waals surface area contributed by atoms with Crippen LogP contribution < -0.4 is 5.32 Å². The fourth-order valence-electron chi connectivity index (χ4n) is 2.50. The van der Waals surface area contributed by atoms with Gasteiger partial charge in [-0.05, 0) is 25.0 Å². The summed E-state index contributed by atoms with van der Waals surface area (Å²) in [4.78, 5) is 27.6. The van der Waals surface area contributed by atoms with E-state index in [0.717, 1.165) is 30.7 Å². The molecule has 1 saturated carbocycles. The van der Waals surface area contributed by atoms with Crippen molar-refractivity contribution in [1.82, 2.24) is 5.06 Å². The zero-order valence-corrected chi connectivity index (χ0v) is 12.2. The van der Waals surface area contributed by atoms with Gasteiger partial charge in [-0.15, -0.1) is 0 Å². The lowest BCUT2D eigenvalue weighted by Crippen LogP contribution is -2.25. The predicted molar refractivity (Wildman–Crippen MR) is 78.1 cm³/mol. The van der Waals surface area contributed by atoms with Gasteiger partial charge in [-0.3, -0.25) is 19.7 Å². The summed E-state index contributed by atoms with van der Waals surface area (Å²) in [6.07, 6.45) is 4.23. The van der Waals surface area contributed by atoms with Crippen molar-refractivity contribution in [2.45, 2.75) is 31.7 Å². The van der Waals surface area contributed by atoms with E-state index >= 15 is 0 Å². The minimum atomic E-state index is -0.439. The quantitative estimate of drug-likeness (QED) is 0.666. The molecule has 0 saturated heterocycles. The molecule has 7 nitrogen and oxygen atoms in total. The normalized spacial score (nSPS) is 15.0. The minimum Gasteiger partial charge on any atom is -0.377 e. The number of nitro groups is 1. The number of nitro benzene ring substituents is 1. The van der Waals surface area contributed by atoms with Crippen LogP contribution in [0.2, 0.25) is 0 Å². The van der Waals surface area contributed by atoms with Crippen molar-refractivity contribution in [2.75, 3.05) is 19.5 Å². The number of nitrogens with one attached hydrogen (secondary N) is 1. The molecule has 1 aliphatic rings. The molecule has 0 aromatic heterocycles. The third-order valence-electron chi connectivity index (χ3n) is 3.71. The molecule has 0 radical (unpaired) electrons. The number of hydrogen-bond acceptors (Lipinski definition) is 5. The Labute approximate surface area is 123 Å². The second kappa shape index (κ2) is 6.53. The molecule has 1 amide bonds. The van der Waals surface area contributed by atoms with Crippen LogP contribution in [0.1, 0.15) is 36.0 Å². The van der Waals surface area contributed by atoms with Gasteiger partial charge >= 0.3 is 0 Å². The first kappa shape index (κ1) is 15.2. The molecule has 0 unspecified atom stereocenters. The maximum absolute atomic E-state index is 12.0. The lowest BCUT2D eigenvalue weighted by Gasteiger charge is -2.16. The first-order valence-electron chi connectivity index (χ1n) is 6.90. The number of amides is 1. The summed E-state index contributed by atoms with van der Waals surface area (Å²) in [7, 11) is 2.88. The lowest BCUT2D eigenvalue weighted by molar-refractivity contribution is -0.384. The summed E-state index contributed by atoms with van der Waals surface area (Å²) >= 11 is 0. The fourth-order valence-corrected chi connectivity index (χ4v) is 2.50. The molecule has 7 heteroatoms. The molecule has 0 aliphatic heterocycles. The van der Waals surface area contributed by atoms with Crippen LogP contribution in [0.5, 0.6) is 0 Å². The minimum absolute atomic E-state index is 0.0153.